The normalized spacial score (nSPS) is 15.3. The zero-order valence-corrected chi connectivity index (χ0v) is 24.6. The fourth-order valence-corrected chi connectivity index (χ4v) is 5.79. The standard InChI is InChI=1S/C28H34N8O4S/c1-17-22(33-25(38)21-14-31-36-16-23(41-26(21)36)18-12-30-34(5)15-18)11-19(13-29-17)32-24(37)9-8-20-7-6-10-35(20)27(39)40-28(2,3)4/h11-16,20H,6-10H2,1-5H3,(H,32,37)(H,33,38). The predicted octanol–water partition coefficient (Wildman–Crippen LogP) is 4.87. The minimum atomic E-state index is -0.566. The number of thiazole rings is 1. The van der Waals surface area contributed by atoms with E-state index < -0.39 is 5.60 Å². The van der Waals surface area contributed by atoms with Crippen LogP contribution in [-0.4, -0.2) is 65.4 Å². The molecule has 0 saturated carbocycles. The minimum absolute atomic E-state index is 0.0367. The van der Waals surface area contributed by atoms with E-state index in [-0.39, 0.29) is 30.4 Å². The van der Waals surface area contributed by atoms with Crippen LogP contribution >= 0.6 is 11.3 Å². The van der Waals surface area contributed by atoms with E-state index in [0.29, 0.717) is 40.4 Å². The zero-order valence-electron chi connectivity index (χ0n) is 23.8. The Balaban J connectivity index is 1.21. The van der Waals surface area contributed by atoms with Gasteiger partial charge < -0.3 is 20.3 Å². The molecule has 2 N–H and O–H groups in total. The number of likely N-dealkylation sites (tertiary alicyclic amines) is 1. The lowest BCUT2D eigenvalue weighted by molar-refractivity contribution is -0.116. The Labute approximate surface area is 241 Å². The first kappa shape index (κ1) is 28.3. The Morgan fingerprint density at radius 3 is 2.66 bits per heavy atom. The van der Waals surface area contributed by atoms with Crippen molar-refractivity contribution in [1.29, 1.82) is 0 Å². The van der Waals surface area contributed by atoms with Gasteiger partial charge in [-0.25, -0.2) is 9.31 Å². The number of carbonyl (C=O) groups is 3. The van der Waals surface area contributed by atoms with Crippen LogP contribution in [-0.2, 0) is 16.6 Å². The highest BCUT2D eigenvalue weighted by molar-refractivity contribution is 7.21. The number of anilines is 2. The molecule has 1 atom stereocenters. The van der Waals surface area contributed by atoms with E-state index >= 15 is 0 Å². The Morgan fingerprint density at radius 2 is 1.93 bits per heavy atom. The van der Waals surface area contributed by atoms with Crippen LogP contribution in [0.2, 0.25) is 0 Å². The molecule has 216 valence electrons. The van der Waals surface area contributed by atoms with Gasteiger partial charge in [0, 0.05) is 44.0 Å². The SMILES string of the molecule is Cc1ncc(NC(=O)CCC2CCCN2C(=O)OC(C)(C)C)cc1NC(=O)c1cnn2cc(-c3cnn(C)c3)sc12. The van der Waals surface area contributed by atoms with Gasteiger partial charge in [0.05, 0.1) is 46.1 Å². The zero-order chi connectivity index (χ0) is 29.3. The summed E-state index contributed by atoms with van der Waals surface area (Å²) in [7, 11) is 1.85. The molecule has 4 aromatic rings. The van der Waals surface area contributed by atoms with Gasteiger partial charge in [0.1, 0.15) is 10.4 Å². The topological polar surface area (TPSA) is 136 Å². The summed E-state index contributed by atoms with van der Waals surface area (Å²) < 4.78 is 8.92. The third-order valence-corrected chi connectivity index (χ3v) is 7.92. The van der Waals surface area contributed by atoms with E-state index in [4.69, 9.17) is 4.74 Å². The quantitative estimate of drug-likeness (QED) is 0.319. The highest BCUT2D eigenvalue weighted by Gasteiger charge is 2.32. The van der Waals surface area contributed by atoms with Gasteiger partial charge in [-0.3, -0.25) is 19.3 Å². The molecule has 12 nitrogen and oxygen atoms in total. The summed E-state index contributed by atoms with van der Waals surface area (Å²) in [5.41, 5.74) is 2.39. The van der Waals surface area contributed by atoms with Crippen molar-refractivity contribution in [3.05, 3.63) is 48.3 Å². The van der Waals surface area contributed by atoms with Crippen LogP contribution in [0, 0.1) is 6.92 Å². The van der Waals surface area contributed by atoms with Crippen LogP contribution in [0.5, 0.6) is 0 Å². The summed E-state index contributed by atoms with van der Waals surface area (Å²) in [6, 6.07) is 1.65. The fourth-order valence-electron chi connectivity index (χ4n) is 4.76. The average Bonchev–Trinajstić information content (AvgIpc) is 3.67. The number of pyridine rings is 1. The van der Waals surface area contributed by atoms with Crippen molar-refractivity contribution in [3.8, 4) is 10.4 Å². The summed E-state index contributed by atoms with van der Waals surface area (Å²) in [5, 5.41) is 14.3. The minimum Gasteiger partial charge on any atom is -0.444 e. The molecule has 1 unspecified atom stereocenters. The number of rotatable bonds is 7. The van der Waals surface area contributed by atoms with Gasteiger partial charge in [-0.2, -0.15) is 10.2 Å². The molecule has 0 bridgehead atoms. The molecule has 0 aliphatic carbocycles. The van der Waals surface area contributed by atoms with Crippen LogP contribution in [0.1, 0.15) is 62.5 Å². The van der Waals surface area contributed by atoms with Crippen molar-refractivity contribution >= 4 is 45.4 Å². The maximum absolute atomic E-state index is 13.2. The first-order chi connectivity index (χ1) is 19.5. The molecule has 0 spiro atoms. The average molecular weight is 579 g/mol. The number of carbonyl (C=O) groups excluding carboxylic acids is 3. The molecule has 3 amide bonds. The molecule has 1 saturated heterocycles. The highest BCUT2D eigenvalue weighted by Crippen LogP contribution is 2.31. The lowest BCUT2D eigenvalue weighted by atomic mass is 10.1. The van der Waals surface area contributed by atoms with Crippen molar-refractivity contribution in [1.82, 2.24) is 29.3 Å². The smallest absolute Gasteiger partial charge is 0.410 e. The van der Waals surface area contributed by atoms with Gasteiger partial charge in [0.2, 0.25) is 5.91 Å². The molecular weight excluding hydrogens is 544 g/mol. The van der Waals surface area contributed by atoms with E-state index in [2.05, 4.69) is 25.8 Å². The van der Waals surface area contributed by atoms with Crippen LogP contribution in [0.15, 0.2) is 37.1 Å². The first-order valence-electron chi connectivity index (χ1n) is 13.5. The van der Waals surface area contributed by atoms with Crippen molar-refractivity contribution in [3.63, 3.8) is 0 Å². The third kappa shape index (κ3) is 6.56. The largest absolute Gasteiger partial charge is 0.444 e. The van der Waals surface area contributed by atoms with Gasteiger partial charge in [-0.05, 0) is 53.0 Å². The van der Waals surface area contributed by atoms with Crippen LogP contribution in [0.3, 0.4) is 0 Å². The molecule has 1 aliphatic rings. The maximum Gasteiger partial charge on any atom is 0.410 e. The summed E-state index contributed by atoms with van der Waals surface area (Å²) in [6.07, 6.45) is 10.8. The summed E-state index contributed by atoms with van der Waals surface area (Å²) >= 11 is 1.45. The van der Waals surface area contributed by atoms with Gasteiger partial charge in [-0.15, -0.1) is 11.3 Å². The second kappa shape index (κ2) is 11.3. The van der Waals surface area contributed by atoms with Gasteiger partial charge in [0.25, 0.3) is 5.91 Å². The van der Waals surface area contributed by atoms with Crippen LogP contribution in [0.25, 0.3) is 15.3 Å². The first-order valence-corrected chi connectivity index (χ1v) is 14.3. The van der Waals surface area contributed by atoms with Crippen molar-refractivity contribution in [2.45, 2.75) is 65.0 Å². The number of ether oxygens (including phenoxy) is 1. The van der Waals surface area contributed by atoms with Gasteiger partial charge in [-0.1, -0.05) is 0 Å². The highest BCUT2D eigenvalue weighted by atomic mass is 32.1. The van der Waals surface area contributed by atoms with E-state index in [1.807, 2.05) is 40.2 Å². The van der Waals surface area contributed by atoms with E-state index in [0.717, 1.165) is 23.3 Å². The number of aryl methyl sites for hydroxylation is 2. The third-order valence-electron chi connectivity index (χ3n) is 6.76. The Hall–Kier alpha value is -4.26. The molecule has 0 aromatic carbocycles. The Kier molecular flexibility index (Phi) is 7.80. The number of hydrogen-bond acceptors (Lipinski definition) is 8. The summed E-state index contributed by atoms with van der Waals surface area (Å²) in [4.78, 5) is 46.3. The molecule has 1 aliphatic heterocycles. The van der Waals surface area contributed by atoms with Crippen molar-refractivity contribution < 1.29 is 19.1 Å². The number of nitrogens with zero attached hydrogens (tertiary/aromatic N) is 6. The number of aromatic nitrogens is 5. The molecule has 5 heterocycles. The number of amides is 3. The van der Waals surface area contributed by atoms with Gasteiger partial charge >= 0.3 is 6.09 Å². The fraction of sp³-hybridized carbons (Fsp3) is 0.429. The van der Waals surface area contributed by atoms with Crippen molar-refractivity contribution in [2.75, 3.05) is 17.2 Å². The monoisotopic (exact) mass is 578 g/mol. The Morgan fingerprint density at radius 1 is 1.12 bits per heavy atom. The van der Waals surface area contributed by atoms with E-state index in [9.17, 15) is 14.4 Å². The number of nitrogens with one attached hydrogen (secondary N) is 2. The second-order valence-corrected chi connectivity index (χ2v) is 12.2. The molecule has 1 fully saturated rings. The second-order valence-electron chi connectivity index (χ2n) is 11.2. The molecule has 4 aromatic heterocycles. The lowest BCUT2D eigenvalue weighted by Gasteiger charge is -2.28. The summed E-state index contributed by atoms with van der Waals surface area (Å²) in [6.45, 7) is 7.94. The molecule has 5 rings (SSSR count). The molecular formula is C28H34N8O4S. The maximum atomic E-state index is 13.2. The molecule has 0 radical (unpaired) electrons. The molecule has 13 heteroatoms. The Bertz CT molecular complexity index is 1600. The van der Waals surface area contributed by atoms with Crippen molar-refractivity contribution in [2.24, 2.45) is 7.05 Å². The van der Waals surface area contributed by atoms with E-state index in [1.54, 1.807) is 39.5 Å². The van der Waals surface area contributed by atoms with Crippen LogP contribution in [0.4, 0.5) is 16.2 Å². The summed E-state index contributed by atoms with van der Waals surface area (Å²) in [5.74, 6) is -0.514. The van der Waals surface area contributed by atoms with E-state index in [1.165, 1.54) is 17.5 Å². The lowest BCUT2D eigenvalue weighted by Crippen LogP contribution is -2.40. The number of hydrogen-bond donors (Lipinski definition) is 2. The molecule has 41 heavy (non-hydrogen) atoms. The van der Waals surface area contributed by atoms with Gasteiger partial charge in [0.15, 0.2) is 0 Å². The van der Waals surface area contributed by atoms with Crippen LogP contribution < -0.4 is 10.6 Å². The predicted molar refractivity (Wildman–Crippen MR) is 156 cm³/mol. The number of fused-ring (bicyclic) bond motifs is 1.